The number of carbonyl (C=O) groups excluding carboxylic acids is 1. The summed E-state index contributed by atoms with van der Waals surface area (Å²) in [4.78, 5) is 13.9. The van der Waals surface area contributed by atoms with E-state index >= 15 is 0 Å². The van der Waals surface area contributed by atoms with Crippen LogP contribution in [-0.4, -0.2) is 39.4 Å². The molecule has 2 N–H and O–H groups in total. The van der Waals surface area contributed by atoms with E-state index in [2.05, 4.69) is 26.3 Å². The topological polar surface area (TPSA) is 52.0 Å². The molecule has 0 aromatic heterocycles. The van der Waals surface area contributed by atoms with Crippen LogP contribution in [0.25, 0.3) is 0 Å². The number of nitrogens with one attached hydrogen (secondary N) is 2. The normalized spacial score (nSPS) is 19.4. The number of para-hydroxylation sites is 2. The third-order valence-electron chi connectivity index (χ3n) is 5.40. The Labute approximate surface area is 170 Å². The first-order valence-electron chi connectivity index (χ1n) is 11.1. The fourth-order valence-corrected chi connectivity index (χ4v) is 3.95. The van der Waals surface area contributed by atoms with Crippen LogP contribution in [0.5, 0.6) is 5.75 Å². The quantitative estimate of drug-likeness (QED) is 0.553. The van der Waals surface area contributed by atoms with Crippen molar-refractivity contribution in [3.05, 3.63) is 24.3 Å². The van der Waals surface area contributed by atoms with Gasteiger partial charge in [-0.2, -0.15) is 0 Å². The molecule has 0 spiro atoms. The lowest BCUT2D eigenvalue weighted by molar-refractivity contribution is -0.862. The van der Waals surface area contributed by atoms with E-state index in [4.69, 9.17) is 9.47 Å². The lowest BCUT2D eigenvalue weighted by Gasteiger charge is -2.31. The molecule has 1 aromatic carbocycles. The van der Waals surface area contributed by atoms with E-state index in [1.165, 1.54) is 37.0 Å². The van der Waals surface area contributed by atoms with Gasteiger partial charge in [0.1, 0.15) is 11.9 Å². The first-order valence-corrected chi connectivity index (χ1v) is 11.1. The number of amides is 1. The molecule has 5 nitrogen and oxygen atoms in total. The van der Waals surface area contributed by atoms with Gasteiger partial charge in [-0.1, -0.05) is 51.2 Å². The molecular formula is C23H39N2O3+. The molecule has 1 saturated carbocycles. The Kier molecular flexibility index (Phi) is 10.2. The summed E-state index contributed by atoms with van der Waals surface area (Å²) in [5.41, 5.74) is 0.687. The Bertz CT molecular complexity index is 577. The molecule has 2 atom stereocenters. The van der Waals surface area contributed by atoms with Gasteiger partial charge in [-0.25, -0.2) is 4.79 Å². The Morgan fingerprint density at radius 2 is 1.86 bits per heavy atom. The second-order valence-corrected chi connectivity index (χ2v) is 8.28. The van der Waals surface area contributed by atoms with Gasteiger partial charge in [-0.15, -0.1) is 0 Å². The standard InChI is InChI=1S/C23H38N2O3/c1-4-5-6-7-12-17-27-22-16-11-9-14-20(22)24-23(26)28-21-15-10-8-13-19(21)18-25(2)3/h9,11,14,16,19,21H,4-8,10,12-13,15,17-18H2,1-3H3,(H,24,26)/p+1/t19-,21+/m1/s1. The maximum absolute atomic E-state index is 12.5. The fraction of sp³-hybridized carbons (Fsp3) is 0.696. The predicted molar refractivity (Wildman–Crippen MR) is 114 cm³/mol. The highest BCUT2D eigenvalue weighted by atomic mass is 16.6. The van der Waals surface area contributed by atoms with Crippen molar-refractivity contribution in [3.63, 3.8) is 0 Å². The van der Waals surface area contributed by atoms with Gasteiger partial charge in [0.25, 0.3) is 0 Å². The van der Waals surface area contributed by atoms with Crippen LogP contribution in [0.4, 0.5) is 10.5 Å². The minimum Gasteiger partial charge on any atom is -0.491 e. The molecule has 1 fully saturated rings. The highest BCUT2D eigenvalue weighted by Crippen LogP contribution is 2.28. The smallest absolute Gasteiger partial charge is 0.412 e. The highest BCUT2D eigenvalue weighted by Gasteiger charge is 2.30. The Morgan fingerprint density at radius 1 is 1.11 bits per heavy atom. The zero-order valence-corrected chi connectivity index (χ0v) is 18.0. The highest BCUT2D eigenvalue weighted by molar-refractivity contribution is 5.86. The van der Waals surface area contributed by atoms with Gasteiger partial charge in [0.05, 0.1) is 32.9 Å². The lowest BCUT2D eigenvalue weighted by Crippen LogP contribution is -3.06. The van der Waals surface area contributed by atoms with Gasteiger partial charge in [0.2, 0.25) is 0 Å². The number of unbranched alkanes of at least 4 members (excludes halogenated alkanes) is 4. The van der Waals surface area contributed by atoms with Crippen LogP contribution >= 0.6 is 0 Å². The third kappa shape index (κ3) is 8.09. The van der Waals surface area contributed by atoms with Crippen molar-refractivity contribution in [2.45, 2.75) is 70.8 Å². The van der Waals surface area contributed by atoms with E-state index in [0.29, 0.717) is 24.0 Å². The van der Waals surface area contributed by atoms with Crippen LogP contribution in [-0.2, 0) is 4.74 Å². The average molecular weight is 392 g/mol. The predicted octanol–water partition coefficient (Wildman–Crippen LogP) is 4.29. The van der Waals surface area contributed by atoms with E-state index in [9.17, 15) is 4.79 Å². The molecule has 0 aliphatic heterocycles. The maximum atomic E-state index is 12.5. The lowest BCUT2D eigenvalue weighted by atomic mass is 9.86. The zero-order chi connectivity index (χ0) is 20.2. The van der Waals surface area contributed by atoms with Crippen molar-refractivity contribution >= 4 is 11.8 Å². The van der Waals surface area contributed by atoms with Crippen molar-refractivity contribution < 1.29 is 19.2 Å². The fourth-order valence-electron chi connectivity index (χ4n) is 3.95. The number of ether oxygens (including phenoxy) is 2. The molecular weight excluding hydrogens is 352 g/mol. The van der Waals surface area contributed by atoms with Crippen LogP contribution in [0.15, 0.2) is 24.3 Å². The van der Waals surface area contributed by atoms with Crippen molar-refractivity contribution in [2.75, 3.05) is 32.6 Å². The van der Waals surface area contributed by atoms with Gasteiger partial charge in [0, 0.05) is 5.92 Å². The Hall–Kier alpha value is -1.75. The number of carbonyl (C=O) groups is 1. The summed E-state index contributed by atoms with van der Waals surface area (Å²) in [6, 6.07) is 7.61. The first kappa shape index (κ1) is 22.5. The third-order valence-corrected chi connectivity index (χ3v) is 5.40. The van der Waals surface area contributed by atoms with E-state index in [0.717, 1.165) is 32.2 Å². The average Bonchev–Trinajstić information content (AvgIpc) is 2.67. The molecule has 1 amide bonds. The van der Waals surface area contributed by atoms with Crippen molar-refractivity contribution in [1.82, 2.24) is 0 Å². The number of hydrogen-bond acceptors (Lipinski definition) is 3. The molecule has 158 valence electrons. The van der Waals surface area contributed by atoms with E-state index < -0.39 is 0 Å². The van der Waals surface area contributed by atoms with E-state index in [1.54, 1.807) is 0 Å². The molecule has 2 rings (SSSR count). The van der Waals surface area contributed by atoms with Crippen molar-refractivity contribution in [3.8, 4) is 5.75 Å². The summed E-state index contributed by atoms with van der Waals surface area (Å²) in [5, 5.41) is 2.90. The molecule has 0 unspecified atom stereocenters. The monoisotopic (exact) mass is 391 g/mol. The van der Waals surface area contributed by atoms with Crippen molar-refractivity contribution in [1.29, 1.82) is 0 Å². The maximum Gasteiger partial charge on any atom is 0.412 e. The van der Waals surface area contributed by atoms with Crippen LogP contribution in [0.1, 0.15) is 64.7 Å². The molecule has 28 heavy (non-hydrogen) atoms. The summed E-state index contributed by atoms with van der Waals surface area (Å²) in [6.45, 7) is 3.93. The summed E-state index contributed by atoms with van der Waals surface area (Å²) in [7, 11) is 4.31. The zero-order valence-electron chi connectivity index (χ0n) is 18.0. The molecule has 0 heterocycles. The number of quaternary nitrogens is 1. The Balaban J connectivity index is 1.84. The largest absolute Gasteiger partial charge is 0.491 e. The Morgan fingerprint density at radius 3 is 2.64 bits per heavy atom. The van der Waals surface area contributed by atoms with Crippen LogP contribution < -0.4 is 15.0 Å². The molecule has 0 radical (unpaired) electrons. The molecule has 5 heteroatoms. The number of anilines is 1. The number of benzene rings is 1. The number of hydrogen-bond donors (Lipinski definition) is 2. The van der Waals surface area contributed by atoms with Gasteiger partial charge in [-0.3, -0.25) is 5.32 Å². The summed E-state index contributed by atoms with van der Waals surface area (Å²) in [6.07, 6.45) is 10.1. The number of rotatable bonds is 11. The minimum absolute atomic E-state index is 0.00953. The summed E-state index contributed by atoms with van der Waals surface area (Å²) >= 11 is 0. The molecule has 1 aliphatic carbocycles. The summed E-state index contributed by atoms with van der Waals surface area (Å²) < 4.78 is 11.7. The first-order chi connectivity index (χ1) is 13.6. The van der Waals surface area contributed by atoms with Crippen LogP contribution in [0, 0.1) is 5.92 Å². The van der Waals surface area contributed by atoms with Crippen LogP contribution in [0.2, 0.25) is 0 Å². The molecule has 0 saturated heterocycles. The van der Waals surface area contributed by atoms with Crippen molar-refractivity contribution in [2.24, 2.45) is 5.92 Å². The van der Waals surface area contributed by atoms with E-state index in [1.807, 2.05) is 24.3 Å². The molecule has 1 aliphatic rings. The van der Waals surface area contributed by atoms with Gasteiger partial charge in [-0.05, 0) is 37.8 Å². The van der Waals surface area contributed by atoms with Gasteiger partial charge in [0.15, 0.2) is 0 Å². The second kappa shape index (κ2) is 12.7. The van der Waals surface area contributed by atoms with Gasteiger partial charge >= 0.3 is 6.09 Å². The van der Waals surface area contributed by atoms with Gasteiger partial charge < -0.3 is 14.4 Å². The van der Waals surface area contributed by atoms with Crippen LogP contribution in [0.3, 0.4) is 0 Å². The minimum atomic E-state index is -0.371. The second-order valence-electron chi connectivity index (χ2n) is 8.28. The molecule has 1 aromatic rings. The summed E-state index contributed by atoms with van der Waals surface area (Å²) in [5.74, 6) is 1.16. The van der Waals surface area contributed by atoms with E-state index in [-0.39, 0.29) is 12.2 Å². The SMILES string of the molecule is CCCCCCCOc1ccccc1NC(=O)O[C@H]1CCCC[C@@H]1C[NH+](C)C. The molecule has 0 bridgehead atoms.